The van der Waals surface area contributed by atoms with Crippen molar-refractivity contribution in [3.63, 3.8) is 0 Å². The van der Waals surface area contributed by atoms with Crippen LogP contribution in [0.25, 0.3) is 0 Å². The topological polar surface area (TPSA) is 32.3 Å². The molecule has 0 aliphatic carbocycles. The number of aromatic hydroxyl groups is 1. The number of benzene rings is 3. The van der Waals surface area contributed by atoms with Crippen LogP contribution in [0.5, 0.6) is 5.75 Å². The first-order valence-corrected chi connectivity index (χ1v) is 10.3. The zero-order chi connectivity index (χ0) is 19.4. The third-order valence-corrected chi connectivity index (χ3v) is 6.53. The second kappa shape index (κ2) is 8.15. The summed E-state index contributed by atoms with van der Waals surface area (Å²) in [4.78, 5) is 0. The largest absolute Gasteiger partial charge is 0.507 e. The third-order valence-electron chi connectivity index (χ3n) is 4.88. The summed E-state index contributed by atoms with van der Waals surface area (Å²) in [6.45, 7) is 9.32. The highest BCUT2D eigenvalue weighted by molar-refractivity contribution is 7.48. The summed E-state index contributed by atoms with van der Waals surface area (Å²) in [5.74, 6) is 0.422. The molecule has 0 aliphatic rings. The second-order valence-corrected chi connectivity index (χ2v) is 9.64. The van der Waals surface area contributed by atoms with Gasteiger partial charge >= 0.3 is 0 Å². The summed E-state index contributed by atoms with van der Waals surface area (Å²) in [5, 5.41) is 15.3. The Kier molecular flexibility index (Phi) is 5.87. The molecule has 140 valence electrons. The van der Waals surface area contributed by atoms with Crippen LogP contribution in [0, 0.1) is 13.8 Å². The van der Waals surface area contributed by atoms with Crippen molar-refractivity contribution < 1.29 is 5.11 Å². The molecule has 3 aromatic carbocycles. The van der Waals surface area contributed by atoms with Crippen LogP contribution in [0.15, 0.2) is 66.7 Å². The standard InChI is InChI=1S/C24H28NOP/c1-17-13-14-22(19(15-17)16-25-20-10-6-5-7-11-20)27-24(3,4)21-12-8-9-18(2)23(21)26/h5-15,25-27H,16H2,1-4H3. The molecular weight excluding hydrogens is 349 g/mol. The van der Waals surface area contributed by atoms with Crippen LogP contribution in [0.2, 0.25) is 0 Å². The molecule has 0 fully saturated rings. The number of phenols is 1. The smallest absolute Gasteiger partial charge is 0.122 e. The highest BCUT2D eigenvalue weighted by Gasteiger charge is 2.26. The molecule has 0 heterocycles. The predicted octanol–water partition coefficient (Wildman–Crippen LogP) is 5.86. The van der Waals surface area contributed by atoms with Gasteiger partial charge in [0.15, 0.2) is 0 Å². The zero-order valence-electron chi connectivity index (χ0n) is 16.5. The Labute approximate surface area is 164 Å². The minimum absolute atomic E-state index is 0.132. The first-order valence-electron chi connectivity index (χ1n) is 9.32. The Hall–Kier alpha value is -2.31. The van der Waals surface area contributed by atoms with Gasteiger partial charge in [0.1, 0.15) is 5.75 Å². The van der Waals surface area contributed by atoms with E-state index in [0.717, 1.165) is 23.4 Å². The number of anilines is 1. The fourth-order valence-electron chi connectivity index (χ4n) is 3.31. The Morgan fingerprint density at radius 2 is 1.67 bits per heavy atom. The van der Waals surface area contributed by atoms with Crippen molar-refractivity contribution in [1.29, 1.82) is 0 Å². The molecular formula is C24H28NOP. The molecule has 3 rings (SSSR count). The van der Waals surface area contributed by atoms with Crippen molar-refractivity contribution in [3.8, 4) is 5.75 Å². The summed E-state index contributed by atoms with van der Waals surface area (Å²) in [6.07, 6.45) is 0. The van der Waals surface area contributed by atoms with Crippen LogP contribution in [-0.4, -0.2) is 5.11 Å². The molecule has 3 aromatic rings. The second-order valence-electron chi connectivity index (χ2n) is 7.60. The van der Waals surface area contributed by atoms with E-state index in [-0.39, 0.29) is 5.16 Å². The average Bonchev–Trinajstić information content (AvgIpc) is 2.64. The van der Waals surface area contributed by atoms with Crippen molar-refractivity contribution in [2.45, 2.75) is 39.4 Å². The van der Waals surface area contributed by atoms with Gasteiger partial charge in [-0.25, -0.2) is 0 Å². The maximum Gasteiger partial charge on any atom is 0.122 e. The summed E-state index contributed by atoms with van der Waals surface area (Å²) in [5.41, 5.74) is 5.66. The van der Waals surface area contributed by atoms with Gasteiger partial charge in [-0.15, -0.1) is 0 Å². The monoisotopic (exact) mass is 377 g/mol. The van der Waals surface area contributed by atoms with Gasteiger partial charge in [-0.1, -0.05) is 82.6 Å². The summed E-state index contributed by atoms with van der Waals surface area (Å²) < 4.78 is 0. The summed E-state index contributed by atoms with van der Waals surface area (Å²) >= 11 is 0. The molecule has 27 heavy (non-hydrogen) atoms. The number of hydrogen-bond donors (Lipinski definition) is 2. The molecule has 1 atom stereocenters. The minimum Gasteiger partial charge on any atom is -0.507 e. The maximum atomic E-state index is 10.6. The van der Waals surface area contributed by atoms with E-state index < -0.39 is 0 Å². The normalized spacial score (nSPS) is 11.9. The molecule has 0 saturated heterocycles. The van der Waals surface area contributed by atoms with Crippen LogP contribution in [-0.2, 0) is 11.7 Å². The van der Waals surface area contributed by atoms with Gasteiger partial charge in [-0.3, -0.25) is 0 Å². The summed E-state index contributed by atoms with van der Waals surface area (Å²) in [6, 6.07) is 23.0. The van der Waals surface area contributed by atoms with Gasteiger partial charge in [0.25, 0.3) is 0 Å². The number of aryl methyl sites for hydroxylation is 2. The molecule has 2 nitrogen and oxygen atoms in total. The quantitative estimate of drug-likeness (QED) is 0.527. The fraction of sp³-hybridized carbons (Fsp3) is 0.250. The maximum absolute atomic E-state index is 10.6. The van der Waals surface area contributed by atoms with Crippen LogP contribution < -0.4 is 10.6 Å². The lowest BCUT2D eigenvalue weighted by molar-refractivity contribution is 0.457. The minimum atomic E-state index is -0.132. The highest BCUT2D eigenvalue weighted by Crippen LogP contribution is 2.45. The van der Waals surface area contributed by atoms with Crippen molar-refractivity contribution >= 4 is 19.6 Å². The van der Waals surface area contributed by atoms with E-state index in [1.807, 2.05) is 43.3 Å². The van der Waals surface area contributed by atoms with E-state index in [0.29, 0.717) is 14.3 Å². The molecule has 0 radical (unpaired) electrons. The predicted molar refractivity (Wildman–Crippen MR) is 119 cm³/mol. The van der Waals surface area contributed by atoms with Gasteiger partial charge in [-0.05, 0) is 42.4 Å². The Balaban J connectivity index is 1.86. The highest BCUT2D eigenvalue weighted by atomic mass is 31.1. The lowest BCUT2D eigenvalue weighted by Crippen LogP contribution is -2.19. The van der Waals surface area contributed by atoms with Crippen molar-refractivity contribution in [3.05, 3.63) is 89.0 Å². The van der Waals surface area contributed by atoms with Crippen LogP contribution in [0.4, 0.5) is 5.69 Å². The Morgan fingerprint density at radius 3 is 2.41 bits per heavy atom. The van der Waals surface area contributed by atoms with Gasteiger partial charge < -0.3 is 10.4 Å². The molecule has 0 aromatic heterocycles. The number of hydrogen-bond acceptors (Lipinski definition) is 2. The number of nitrogens with one attached hydrogen (secondary N) is 1. The van der Waals surface area contributed by atoms with E-state index >= 15 is 0 Å². The first-order chi connectivity index (χ1) is 12.9. The molecule has 0 spiro atoms. The van der Waals surface area contributed by atoms with E-state index in [1.165, 1.54) is 16.4 Å². The lowest BCUT2D eigenvalue weighted by Gasteiger charge is -2.28. The third kappa shape index (κ3) is 4.70. The number of para-hydroxylation sites is 2. The van der Waals surface area contributed by atoms with Crippen molar-refractivity contribution in [2.24, 2.45) is 0 Å². The number of phenolic OH excluding ortho intramolecular Hbond substituents is 1. The van der Waals surface area contributed by atoms with E-state index in [4.69, 9.17) is 0 Å². The molecule has 0 bridgehead atoms. The first kappa shape index (κ1) is 19.5. The van der Waals surface area contributed by atoms with E-state index in [2.05, 4.69) is 56.4 Å². The van der Waals surface area contributed by atoms with E-state index in [1.54, 1.807) is 0 Å². The van der Waals surface area contributed by atoms with Gasteiger partial charge in [0.05, 0.1) is 0 Å². The van der Waals surface area contributed by atoms with E-state index in [9.17, 15) is 5.11 Å². The Morgan fingerprint density at radius 1 is 0.926 bits per heavy atom. The molecule has 2 N–H and O–H groups in total. The van der Waals surface area contributed by atoms with Gasteiger partial charge in [-0.2, -0.15) is 0 Å². The van der Waals surface area contributed by atoms with Crippen molar-refractivity contribution in [1.82, 2.24) is 0 Å². The lowest BCUT2D eigenvalue weighted by atomic mass is 9.99. The molecule has 0 aliphatic heterocycles. The summed E-state index contributed by atoms with van der Waals surface area (Å²) in [7, 11) is 0.564. The number of rotatable bonds is 6. The zero-order valence-corrected chi connectivity index (χ0v) is 17.5. The fourth-order valence-corrected chi connectivity index (χ4v) is 4.81. The van der Waals surface area contributed by atoms with Crippen LogP contribution >= 0.6 is 8.58 Å². The van der Waals surface area contributed by atoms with Crippen LogP contribution in [0.1, 0.15) is 36.1 Å². The van der Waals surface area contributed by atoms with Gasteiger partial charge in [0.2, 0.25) is 0 Å². The average molecular weight is 377 g/mol. The molecule has 1 unspecified atom stereocenters. The molecule has 3 heteroatoms. The SMILES string of the molecule is Cc1ccc(PC(C)(C)c2cccc(C)c2O)c(CNc2ccccc2)c1. The molecule has 0 saturated carbocycles. The van der Waals surface area contributed by atoms with Crippen LogP contribution in [0.3, 0.4) is 0 Å². The van der Waals surface area contributed by atoms with Gasteiger partial charge in [0, 0.05) is 23.0 Å². The van der Waals surface area contributed by atoms with Crippen molar-refractivity contribution in [2.75, 3.05) is 5.32 Å². The Bertz CT molecular complexity index is 919. The molecule has 0 amide bonds.